The molecule has 0 radical (unpaired) electrons. The molecule has 1 aliphatic carbocycles. The molecule has 1 N–H and O–H groups in total. The molecule has 0 unspecified atom stereocenters. The van der Waals surface area contributed by atoms with Crippen molar-refractivity contribution in [1.29, 1.82) is 0 Å². The highest BCUT2D eigenvalue weighted by Crippen LogP contribution is 2.38. The molecule has 31 heavy (non-hydrogen) atoms. The molecule has 2 atom stereocenters. The molecule has 0 spiro atoms. The predicted octanol–water partition coefficient (Wildman–Crippen LogP) is 3.36. The van der Waals surface area contributed by atoms with Gasteiger partial charge in [0.1, 0.15) is 0 Å². The Morgan fingerprint density at radius 2 is 1.71 bits per heavy atom. The monoisotopic (exact) mass is 422 g/mol. The number of benzene rings is 2. The van der Waals surface area contributed by atoms with Crippen molar-refractivity contribution in [2.24, 2.45) is 11.8 Å². The fraction of sp³-hybridized carbons (Fsp3) is 0.440. The highest BCUT2D eigenvalue weighted by molar-refractivity contribution is 5.83. The Hall–Kier alpha value is -3.02. The molecule has 164 valence electrons. The van der Waals surface area contributed by atoms with Gasteiger partial charge in [0.05, 0.1) is 20.1 Å². The largest absolute Gasteiger partial charge is 0.493 e. The molecule has 0 bridgehead atoms. The first-order valence-corrected chi connectivity index (χ1v) is 10.9. The number of methoxy groups -OCH3 is 2. The van der Waals surface area contributed by atoms with Gasteiger partial charge >= 0.3 is 0 Å². The van der Waals surface area contributed by atoms with Crippen LogP contribution in [0.15, 0.2) is 48.5 Å². The van der Waals surface area contributed by atoms with Gasteiger partial charge in [0.2, 0.25) is 11.8 Å². The third kappa shape index (κ3) is 5.01. The van der Waals surface area contributed by atoms with Gasteiger partial charge in [0, 0.05) is 31.5 Å². The lowest BCUT2D eigenvalue weighted by Crippen LogP contribution is -2.48. The van der Waals surface area contributed by atoms with Crippen LogP contribution in [0, 0.1) is 11.8 Å². The molecule has 2 amide bonds. The van der Waals surface area contributed by atoms with Crippen LogP contribution in [-0.2, 0) is 16.1 Å². The maximum Gasteiger partial charge on any atom is 0.225 e. The Kier molecular flexibility index (Phi) is 6.44. The summed E-state index contributed by atoms with van der Waals surface area (Å²) in [7, 11) is 3.23. The molecule has 6 nitrogen and oxygen atoms in total. The van der Waals surface area contributed by atoms with Crippen molar-refractivity contribution in [2.45, 2.75) is 31.7 Å². The number of nitrogens with zero attached hydrogens (tertiary/aromatic N) is 1. The fourth-order valence-electron chi connectivity index (χ4n) is 4.34. The van der Waals surface area contributed by atoms with E-state index in [0.29, 0.717) is 37.6 Å². The van der Waals surface area contributed by atoms with E-state index in [9.17, 15) is 9.59 Å². The van der Waals surface area contributed by atoms with Crippen molar-refractivity contribution in [3.05, 3.63) is 59.7 Å². The topological polar surface area (TPSA) is 67.9 Å². The number of carbonyl (C=O) groups is 2. The van der Waals surface area contributed by atoms with Crippen molar-refractivity contribution >= 4 is 11.8 Å². The predicted molar refractivity (Wildman–Crippen MR) is 118 cm³/mol. The minimum absolute atomic E-state index is 0.00243. The number of rotatable bonds is 7. The standard InChI is InChI=1S/C25H30N2O4/c1-30-22-11-10-19(13-23(22)31-2)20-12-21(16-27(15-20)25(29)18-8-9-18)24(28)26-14-17-6-4-3-5-7-17/h3-7,10-11,13,18,20-21H,8-9,12,14-16H2,1-2H3,(H,26,28)/t20-,21+/m1/s1. The van der Waals surface area contributed by atoms with Crippen molar-refractivity contribution in [1.82, 2.24) is 10.2 Å². The van der Waals surface area contributed by atoms with E-state index in [2.05, 4.69) is 5.32 Å². The van der Waals surface area contributed by atoms with Gasteiger partial charge in [-0.3, -0.25) is 9.59 Å². The van der Waals surface area contributed by atoms with Gasteiger partial charge in [0.25, 0.3) is 0 Å². The second-order valence-corrected chi connectivity index (χ2v) is 8.46. The summed E-state index contributed by atoms with van der Waals surface area (Å²) in [4.78, 5) is 27.8. The first-order valence-electron chi connectivity index (χ1n) is 10.9. The molecule has 6 heteroatoms. The lowest BCUT2D eigenvalue weighted by molar-refractivity contribution is -0.137. The third-order valence-electron chi connectivity index (χ3n) is 6.25. The van der Waals surface area contributed by atoms with Crippen LogP contribution >= 0.6 is 0 Å². The van der Waals surface area contributed by atoms with Crippen LogP contribution in [0.2, 0.25) is 0 Å². The van der Waals surface area contributed by atoms with E-state index in [4.69, 9.17) is 9.47 Å². The van der Waals surface area contributed by atoms with E-state index >= 15 is 0 Å². The van der Waals surface area contributed by atoms with Gasteiger partial charge in [-0.25, -0.2) is 0 Å². The number of piperidine rings is 1. The molecule has 4 rings (SSSR count). The Morgan fingerprint density at radius 3 is 2.39 bits per heavy atom. The normalized spacial score (nSPS) is 20.8. The van der Waals surface area contributed by atoms with Crippen LogP contribution in [0.5, 0.6) is 11.5 Å². The maximum atomic E-state index is 13.0. The van der Waals surface area contributed by atoms with Crippen LogP contribution in [0.4, 0.5) is 0 Å². The average molecular weight is 423 g/mol. The number of hydrogen-bond acceptors (Lipinski definition) is 4. The minimum Gasteiger partial charge on any atom is -0.493 e. The van der Waals surface area contributed by atoms with E-state index in [0.717, 1.165) is 24.0 Å². The summed E-state index contributed by atoms with van der Waals surface area (Å²) in [6, 6.07) is 15.7. The van der Waals surface area contributed by atoms with Crippen molar-refractivity contribution < 1.29 is 19.1 Å². The van der Waals surface area contributed by atoms with Crippen LogP contribution in [0.3, 0.4) is 0 Å². The van der Waals surface area contributed by atoms with Gasteiger partial charge in [-0.05, 0) is 42.5 Å². The van der Waals surface area contributed by atoms with Crippen LogP contribution in [-0.4, -0.2) is 44.0 Å². The zero-order chi connectivity index (χ0) is 21.8. The SMILES string of the molecule is COc1ccc([C@@H]2C[C@H](C(=O)NCc3ccccc3)CN(C(=O)C3CC3)C2)cc1OC. The molecule has 2 aromatic rings. The Bertz CT molecular complexity index is 926. The fourth-order valence-corrected chi connectivity index (χ4v) is 4.34. The molecular weight excluding hydrogens is 392 g/mol. The Labute approximate surface area is 183 Å². The van der Waals surface area contributed by atoms with E-state index in [-0.39, 0.29) is 29.6 Å². The van der Waals surface area contributed by atoms with E-state index in [1.807, 2.05) is 53.4 Å². The molecule has 0 aromatic heterocycles. The second kappa shape index (κ2) is 9.41. The summed E-state index contributed by atoms with van der Waals surface area (Å²) >= 11 is 0. The summed E-state index contributed by atoms with van der Waals surface area (Å²) in [6.07, 6.45) is 2.62. The zero-order valence-electron chi connectivity index (χ0n) is 18.2. The minimum atomic E-state index is -0.238. The molecule has 2 aromatic carbocycles. The number of hydrogen-bond donors (Lipinski definition) is 1. The van der Waals surface area contributed by atoms with Gasteiger partial charge in [-0.15, -0.1) is 0 Å². The molecule has 1 heterocycles. The summed E-state index contributed by atoms with van der Waals surface area (Å²) in [5.74, 6) is 1.49. The molecule has 1 saturated carbocycles. The van der Waals surface area contributed by atoms with Crippen molar-refractivity contribution in [3.8, 4) is 11.5 Å². The smallest absolute Gasteiger partial charge is 0.225 e. The summed E-state index contributed by atoms with van der Waals surface area (Å²) in [5.41, 5.74) is 2.13. The molecule has 2 fully saturated rings. The lowest BCUT2D eigenvalue weighted by Gasteiger charge is -2.37. The quantitative estimate of drug-likeness (QED) is 0.743. The summed E-state index contributed by atoms with van der Waals surface area (Å²) in [5, 5.41) is 3.06. The Morgan fingerprint density at radius 1 is 0.968 bits per heavy atom. The number of carbonyl (C=O) groups excluding carboxylic acids is 2. The van der Waals surface area contributed by atoms with Gasteiger partial charge in [-0.2, -0.15) is 0 Å². The number of amides is 2. The van der Waals surface area contributed by atoms with E-state index in [1.54, 1.807) is 14.2 Å². The van der Waals surface area contributed by atoms with Gasteiger partial charge in [-0.1, -0.05) is 36.4 Å². The molecule has 2 aliphatic rings. The van der Waals surface area contributed by atoms with Crippen LogP contribution in [0.25, 0.3) is 0 Å². The molecule has 1 aliphatic heterocycles. The first kappa shape index (κ1) is 21.2. The third-order valence-corrected chi connectivity index (χ3v) is 6.25. The van der Waals surface area contributed by atoms with Crippen LogP contribution < -0.4 is 14.8 Å². The average Bonchev–Trinajstić information content (AvgIpc) is 3.67. The van der Waals surface area contributed by atoms with Crippen molar-refractivity contribution in [3.63, 3.8) is 0 Å². The van der Waals surface area contributed by atoms with Crippen molar-refractivity contribution in [2.75, 3.05) is 27.3 Å². The first-order chi connectivity index (χ1) is 15.1. The summed E-state index contributed by atoms with van der Waals surface area (Å²) < 4.78 is 10.8. The Balaban J connectivity index is 1.51. The molecular formula is C25H30N2O4. The van der Waals surface area contributed by atoms with Gasteiger partial charge < -0.3 is 19.7 Å². The second-order valence-electron chi connectivity index (χ2n) is 8.46. The highest BCUT2D eigenvalue weighted by Gasteiger charge is 2.39. The number of nitrogens with one attached hydrogen (secondary N) is 1. The van der Waals surface area contributed by atoms with E-state index < -0.39 is 0 Å². The number of ether oxygens (including phenoxy) is 2. The maximum absolute atomic E-state index is 13.0. The van der Waals surface area contributed by atoms with E-state index in [1.165, 1.54) is 0 Å². The molecule has 1 saturated heterocycles. The van der Waals surface area contributed by atoms with Crippen LogP contribution in [0.1, 0.15) is 36.3 Å². The zero-order valence-corrected chi connectivity index (χ0v) is 18.2. The summed E-state index contributed by atoms with van der Waals surface area (Å²) in [6.45, 7) is 1.61. The number of likely N-dealkylation sites (tertiary alicyclic amines) is 1. The lowest BCUT2D eigenvalue weighted by atomic mass is 9.83. The van der Waals surface area contributed by atoms with Gasteiger partial charge in [0.15, 0.2) is 11.5 Å². The highest BCUT2D eigenvalue weighted by atomic mass is 16.5.